The SMILES string of the molecule is OCCC1CCN(CCC(O)c2ccccc2Cl)C1. The Kier molecular flexibility index (Phi) is 5.64. The molecule has 1 aromatic carbocycles. The molecule has 2 rings (SSSR count). The molecule has 1 aliphatic rings. The van der Waals surface area contributed by atoms with Gasteiger partial charge in [0.1, 0.15) is 0 Å². The van der Waals surface area contributed by atoms with Gasteiger partial charge in [-0.1, -0.05) is 29.8 Å². The normalized spacial score (nSPS) is 21.7. The molecule has 0 aliphatic carbocycles. The Hall–Kier alpha value is -0.610. The van der Waals surface area contributed by atoms with E-state index in [1.54, 1.807) is 0 Å². The van der Waals surface area contributed by atoms with Gasteiger partial charge in [0, 0.05) is 24.7 Å². The summed E-state index contributed by atoms with van der Waals surface area (Å²) in [4.78, 5) is 2.36. The second-order valence-corrected chi connectivity index (χ2v) is 5.70. The summed E-state index contributed by atoms with van der Waals surface area (Å²) in [6, 6.07) is 7.47. The zero-order valence-corrected chi connectivity index (χ0v) is 11.9. The van der Waals surface area contributed by atoms with Gasteiger partial charge in [0.05, 0.1) is 6.10 Å². The molecular weight excluding hydrogens is 262 g/mol. The molecule has 0 spiro atoms. The van der Waals surface area contributed by atoms with Gasteiger partial charge in [0.15, 0.2) is 0 Å². The van der Waals surface area contributed by atoms with Crippen LogP contribution in [0.25, 0.3) is 0 Å². The van der Waals surface area contributed by atoms with Gasteiger partial charge in [0.25, 0.3) is 0 Å². The van der Waals surface area contributed by atoms with E-state index < -0.39 is 6.10 Å². The van der Waals surface area contributed by atoms with Gasteiger partial charge in [0.2, 0.25) is 0 Å². The van der Waals surface area contributed by atoms with Gasteiger partial charge in [-0.05, 0) is 43.4 Å². The Balaban J connectivity index is 1.78. The van der Waals surface area contributed by atoms with Gasteiger partial charge < -0.3 is 15.1 Å². The molecule has 2 atom stereocenters. The van der Waals surface area contributed by atoms with Crippen LogP contribution in [0.3, 0.4) is 0 Å². The van der Waals surface area contributed by atoms with Crippen molar-refractivity contribution < 1.29 is 10.2 Å². The Morgan fingerprint density at radius 1 is 1.37 bits per heavy atom. The number of aliphatic hydroxyl groups excluding tert-OH is 2. The first-order valence-electron chi connectivity index (χ1n) is 6.96. The Morgan fingerprint density at radius 3 is 2.89 bits per heavy atom. The highest BCUT2D eigenvalue weighted by Crippen LogP contribution is 2.26. The molecule has 1 aromatic rings. The molecule has 3 nitrogen and oxygen atoms in total. The minimum absolute atomic E-state index is 0.279. The van der Waals surface area contributed by atoms with Crippen LogP contribution in [-0.2, 0) is 0 Å². The van der Waals surface area contributed by atoms with E-state index in [0.29, 0.717) is 17.4 Å². The van der Waals surface area contributed by atoms with Gasteiger partial charge >= 0.3 is 0 Å². The molecule has 0 radical (unpaired) electrons. The van der Waals surface area contributed by atoms with E-state index in [0.717, 1.165) is 38.0 Å². The van der Waals surface area contributed by atoms with Gasteiger partial charge in [-0.2, -0.15) is 0 Å². The monoisotopic (exact) mass is 283 g/mol. The van der Waals surface area contributed by atoms with Crippen LogP contribution in [0.4, 0.5) is 0 Å². The maximum Gasteiger partial charge on any atom is 0.0816 e. The van der Waals surface area contributed by atoms with E-state index >= 15 is 0 Å². The van der Waals surface area contributed by atoms with Gasteiger partial charge in [-0.3, -0.25) is 0 Å². The van der Waals surface area contributed by atoms with Crippen LogP contribution in [-0.4, -0.2) is 41.4 Å². The zero-order valence-electron chi connectivity index (χ0n) is 11.1. The maximum absolute atomic E-state index is 10.2. The van der Waals surface area contributed by atoms with E-state index in [9.17, 15) is 5.11 Å². The van der Waals surface area contributed by atoms with E-state index in [1.807, 2.05) is 24.3 Å². The van der Waals surface area contributed by atoms with Crippen LogP contribution in [0.15, 0.2) is 24.3 Å². The first-order chi connectivity index (χ1) is 9.20. The third kappa shape index (κ3) is 4.18. The number of nitrogens with zero attached hydrogens (tertiary/aromatic N) is 1. The molecule has 0 amide bonds. The number of hydrogen-bond donors (Lipinski definition) is 2. The molecule has 1 fully saturated rings. The lowest BCUT2D eigenvalue weighted by Gasteiger charge is -2.19. The molecule has 4 heteroatoms. The zero-order chi connectivity index (χ0) is 13.7. The van der Waals surface area contributed by atoms with Crippen molar-refractivity contribution in [2.75, 3.05) is 26.2 Å². The molecule has 0 aromatic heterocycles. The lowest BCUT2D eigenvalue weighted by molar-refractivity contribution is 0.147. The fraction of sp³-hybridized carbons (Fsp3) is 0.600. The molecule has 1 aliphatic heterocycles. The number of aliphatic hydroxyl groups is 2. The first-order valence-corrected chi connectivity index (χ1v) is 7.34. The van der Waals surface area contributed by atoms with Crippen LogP contribution in [0, 0.1) is 5.92 Å². The molecular formula is C15H22ClNO2. The highest BCUT2D eigenvalue weighted by Gasteiger charge is 2.22. The maximum atomic E-state index is 10.2. The highest BCUT2D eigenvalue weighted by atomic mass is 35.5. The van der Waals surface area contributed by atoms with Gasteiger partial charge in [-0.15, -0.1) is 0 Å². The van der Waals surface area contributed by atoms with Crippen molar-refractivity contribution in [3.63, 3.8) is 0 Å². The number of likely N-dealkylation sites (tertiary alicyclic amines) is 1. The van der Waals surface area contributed by atoms with Crippen LogP contribution >= 0.6 is 11.6 Å². The molecule has 1 heterocycles. The van der Waals surface area contributed by atoms with Crippen molar-refractivity contribution in [3.05, 3.63) is 34.9 Å². The molecule has 2 unspecified atom stereocenters. The minimum Gasteiger partial charge on any atom is -0.396 e. The number of halogens is 1. The largest absolute Gasteiger partial charge is 0.396 e. The molecule has 0 saturated carbocycles. The summed E-state index contributed by atoms with van der Waals surface area (Å²) in [5.41, 5.74) is 0.815. The molecule has 106 valence electrons. The second-order valence-electron chi connectivity index (χ2n) is 5.29. The van der Waals surface area contributed by atoms with Crippen LogP contribution in [0.5, 0.6) is 0 Å². The number of hydrogen-bond acceptors (Lipinski definition) is 3. The summed E-state index contributed by atoms with van der Waals surface area (Å²) in [5, 5.41) is 19.8. The van der Waals surface area contributed by atoms with Crippen molar-refractivity contribution in [2.24, 2.45) is 5.92 Å². The Labute approximate surface area is 119 Å². The standard InChI is InChI=1S/C15H22ClNO2/c16-14-4-2-1-3-13(14)15(19)6-9-17-8-5-12(11-17)7-10-18/h1-4,12,15,18-19H,5-11H2. The third-order valence-electron chi connectivity index (χ3n) is 3.89. The van der Waals surface area contributed by atoms with Crippen molar-refractivity contribution in [3.8, 4) is 0 Å². The molecule has 19 heavy (non-hydrogen) atoms. The van der Waals surface area contributed by atoms with Crippen molar-refractivity contribution in [1.82, 2.24) is 4.90 Å². The summed E-state index contributed by atoms with van der Waals surface area (Å²) >= 11 is 6.08. The van der Waals surface area contributed by atoms with Gasteiger partial charge in [-0.25, -0.2) is 0 Å². The number of benzene rings is 1. The van der Waals surface area contributed by atoms with Crippen LogP contribution < -0.4 is 0 Å². The smallest absolute Gasteiger partial charge is 0.0816 e. The average Bonchev–Trinajstić information content (AvgIpc) is 2.85. The fourth-order valence-electron chi connectivity index (χ4n) is 2.74. The summed E-state index contributed by atoms with van der Waals surface area (Å²) in [6.07, 6.45) is 2.26. The summed E-state index contributed by atoms with van der Waals surface area (Å²) in [6.45, 7) is 3.27. The second kappa shape index (κ2) is 7.25. The number of rotatable bonds is 6. The van der Waals surface area contributed by atoms with E-state index in [-0.39, 0.29) is 6.61 Å². The lowest BCUT2D eigenvalue weighted by Crippen LogP contribution is -2.23. The van der Waals surface area contributed by atoms with Crippen molar-refractivity contribution >= 4 is 11.6 Å². The topological polar surface area (TPSA) is 43.7 Å². The molecule has 2 N–H and O–H groups in total. The first kappa shape index (κ1) is 14.8. The lowest BCUT2D eigenvalue weighted by atomic mass is 10.1. The Bertz CT molecular complexity index is 399. The summed E-state index contributed by atoms with van der Waals surface area (Å²) in [5.74, 6) is 0.613. The highest BCUT2D eigenvalue weighted by molar-refractivity contribution is 6.31. The van der Waals surface area contributed by atoms with Crippen molar-refractivity contribution in [2.45, 2.75) is 25.4 Å². The predicted molar refractivity (Wildman–Crippen MR) is 77.3 cm³/mol. The van der Waals surface area contributed by atoms with E-state index in [2.05, 4.69) is 4.90 Å². The summed E-state index contributed by atoms with van der Waals surface area (Å²) < 4.78 is 0. The molecule has 0 bridgehead atoms. The van der Waals surface area contributed by atoms with Crippen molar-refractivity contribution in [1.29, 1.82) is 0 Å². The summed E-state index contributed by atoms with van der Waals surface area (Å²) in [7, 11) is 0. The van der Waals surface area contributed by atoms with E-state index in [4.69, 9.17) is 16.7 Å². The average molecular weight is 284 g/mol. The van der Waals surface area contributed by atoms with Crippen LogP contribution in [0.2, 0.25) is 5.02 Å². The third-order valence-corrected chi connectivity index (χ3v) is 4.23. The Morgan fingerprint density at radius 2 is 2.16 bits per heavy atom. The minimum atomic E-state index is -0.495. The molecule has 1 saturated heterocycles. The predicted octanol–water partition coefficient (Wildman–Crippen LogP) is 2.47. The van der Waals surface area contributed by atoms with Crippen LogP contribution in [0.1, 0.15) is 30.9 Å². The van der Waals surface area contributed by atoms with E-state index in [1.165, 1.54) is 0 Å². The fourth-order valence-corrected chi connectivity index (χ4v) is 3.00. The quantitative estimate of drug-likeness (QED) is 0.843.